The maximum atomic E-state index is 4.68. The maximum Gasteiger partial charge on any atom is 0.138 e. The predicted molar refractivity (Wildman–Crippen MR) is 104 cm³/mol. The molecule has 3 rings (SSSR count). The Bertz CT molecular complexity index is 798. The highest BCUT2D eigenvalue weighted by molar-refractivity contribution is 7.18. The summed E-state index contributed by atoms with van der Waals surface area (Å²) in [7, 11) is 2.13. The van der Waals surface area contributed by atoms with E-state index in [0.29, 0.717) is 0 Å². The Morgan fingerprint density at radius 2 is 1.96 bits per heavy atom. The van der Waals surface area contributed by atoms with E-state index in [1.54, 1.807) is 11.3 Å². The van der Waals surface area contributed by atoms with Crippen molar-refractivity contribution >= 4 is 33.1 Å². The highest BCUT2D eigenvalue weighted by Crippen LogP contribution is 2.28. The van der Waals surface area contributed by atoms with Gasteiger partial charge in [-0.15, -0.1) is 11.3 Å². The molecule has 126 valence electrons. The van der Waals surface area contributed by atoms with Crippen LogP contribution in [0.5, 0.6) is 0 Å². The molecule has 0 spiro atoms. The van der Waals surface area contributed by atoms with Gasteiger partial charge < -0.3 is 10.2 Å². The first-order valence-corrected chi connectivity index (χ1v) is 9.26. The van der Waals surface area contributed by atoms with Crippen LogP contribution in [0.1, 0.15) is 24.0 Å². The van der Waals surface area contributed by atoms with E-state index in [0.717, 1.165) is 47.8 Å². The molecular weight excluding hydrogens is 316 g/mol. The van der Waals surface area contributed by atoms with E-state index >= 15 is 0 Å². The van der Waals surface area contributed by atoms with Gasteiger partial charge in [-0.05, 0) is 31.5 Å². The van der Waals surface area contributed by atoms with Crippen molar-refractivity contribution in [2.45, 2.75) is 26.7 Å². The fourth-order valence-electron chi connectivity index (χ4n) is 2.71. The Hall–Kier alpha value is -2.14. The Morgan fingerprint density at radius 3 is 2.71 bits per heavy atom. The monoisotopic (exact) mass is 340 g/mol. The van der Waals surface area contributed by atoms with Crippen molar-refractivity contribution in [3.8, 4) is 0 Å². The average molecular weight is 340 g/mol. The Balaban J connectivity index is 1.61. The van der Waals surface area contributed by atoms with Crippen molar-refractivity contribution in [1.82, 2.24) is 9.97 Å². The van der Waals surface area contributed by atoms with Gasteiger partial charge in [0.25, 0.3) is 0 Å². The first-order valence-electron chi connectivity index (χ1n) is 8.44. The maximum absolute atomic E-state index is 4.68. The number of rotatable bonds is 7. The van der Waals surface area contributed by atoms with Crippen molar-refractivity contribution in [3.05, 3.63) is 47.1 Å². The van der Waals surface area contributed by atoms with Crippen molar-refractivity contribution < 1.29 is 0 Å². The predicted octanol–water partition coefficient (Wildman–Crippen LogP) is 4.50. The normalized spacial score (nSPS) is 11.0. The van der Waals surface area contributed by atoms with Gasteiger partial charge in [-0.2, -0.15) is 0 Å². The van der Waals surface area contributed by atoms with Crippen molar-refractivity contribution in [1.29, 1.82) is 0 Å². The number of fused-ring (bicyclic) bond motifs is 1. The summed E-state index contributed by atoms with van der Waals surface area (Å²) < 4.78 is 0. The standard InChI is InChI=1S/C19H24N4S/c1-4-17-21-18(16-13-14(2)24-19(16)22-17)20-11-8-12-23(3)15-9-6-5-7-10-15/h5-7,9-10,13H,4,8,11-12H2,1-3H3,(H,20,21,22). The molecular formula is C19H24N4S. The Kier molecular flexibility index (Phi) is 5.30. The van der Waals surface area contributed by atoms with Crippen LogP contribution >= 0.6 is 11.3 Å². The van der Waals surface area contributed by atoms with Crippen LogP contribution in [0.3, 0.4) is 0 Å². The second kappa shape index (κ2) is 7.62. The third kappa shape index (κ3) is 3.85. The smallest absolute Gasteiger partial charge is 0.138 e. The molecule has 0 atom stereocenters. The number of anilines is 2. The van der Waals surface area contributed by atoms with E-state index in [1.165, 1.54) is 10.6 Å². The number of hydrogen-bond donors (Lipinski definition) is 1. The molecule has 3 aromatic rings. The molecule has 1 N–H and O–H groups in total. The van der Waals surface area contributed by atoms with Crippen LogP contribution in [-0.4, -0.2) is 30.1 Å². The summed E-state index contributed by atoms with van der Waals surface area (Å²) in [6.07, 6.45) is 1.92. The van der Waals surface area contributed by atoms with Gasteiger partial charge in [-0.3, -0.25) is 0 Å². The molecule has 0 bridgehead atoms. The molecule has 0 unspecified atom stereocenters. The Labute approximate surface area is 147 Å². The van der Waals surface area contributed by atoms with Crippen LogP contribution in [0.4, 0.5) is 11.5 Å². The number of benzene rings is 1. The highest BCUT2D eigenvalue weighted by Gasteiger charge is 2.09. The first kappa shape index (κ1) is 16.7. The van der Waals surface area contributed by atoms with Gasteiger partial charge in [-0.1, -0.05) is 25.1 Å². The zero-order valence-electron chi connectivity index (χ0n) is 14.5. The molecule has 0 amide bonds. The molecule has 0 saturated heterocycles. The molecule has 2 heterocycles. The zero-order valence-corrected chi connectivity index (χ0v) is 15.4. The van der Waals surface area contributed by atoms with Gasteiger partial charge in [-0.25, -0.2) is 9.97 Å². The van der Waals surface area contributed by atoms with Crippen LogP contribution < -0.4 is 10.2 Å². The van der Waals surface area contributed by atoms with E-state index in [1.807, 2.05) is 6.07 Å². The summed E-state index contributed by atoms with van der Waals surface area (Å²) >= 11 is 1.74. The van der Waals surface area contributed by atoms with Gasteiger partial charge in [0.1, 0.15) is 16.5 Å². The van der Waals surface area contributed by atoms with Crippen LogP contribution in [0.25, 0.3) is 10.2 Å². The fourth-order valence-corrected chi connectivity index (χ4v) is 3.61. The number of aromatic nitrogens is 2. The van der Waals surface area contributed by atoms with E-state index < -0.39 is 0 Å². The Morgan fingerprint density at radius 1 is 1.17 bits per heavy atom. The van der Waals surface area contributed by atoms with Gasteiger partial charge in [0, 0.05) is 37.1 Å². The minimum Gasteiger partial charge on any atom is -0.375 e. The largest absolute Gasteiger partial charge is 0.375 e. The molecule has 5 heteroatoms. The molecule has 0 radical (unpaired) electrons. The zero-order chi connectivity index (χ0) is 16.9. The molecule has 0 aliphatic heterocycles. The van der Waals surface area contributed by atoms with E-state index in [9.17, 15) is 0 Å². The number of hydrogen-bond acceptors (Lipinski definition) is 5. The second-order valence-corrected chi connectivity index (χ2v) is 7.19. The molecule has 2 aromatic heterocycles. The topological polar surface area (TPSA) is 41.1 Å². The second-order valence-electron chi connectivity index (χ2n) is 5.96. The SMILES string of the molecule is CCc1nc(NCCCN(C)c2ccccc2)c2cc(C)sc2n1. The third-order valence-corrected chi connectivity index (χ3v) is 4.98. The fraction of sp³-hybridized carbons (Fsp3) is 0.368. The molecule has 0 aliphatic rings. The van der Waals surface area contributed by atoms with Crippen LogP contribution in [-0.2, 0) is 6.42 Å². The quantitative estimate of drug-likeness (QED) is 0.643. The average Bonchev–Trinajstić information content (AvgIpc) is 2.99. The molecule has 0 aliphatic carbocycles. The molecule has 1 aromatic carbocycles. The van der Waals surface area contributed by atoms with Crippen LogP contribution in [0, 0.1) is 6.92 Å². The highest BCUT2D eigenvalue weighted by atomic mass is 32.1. The summed E-state index contributed by atoms with van der Waals surface area (Å²) in [6.45, 7) is 6.13. The lowest BCUT2D eigenvalue weighted by molar-refractivity contribution is 0.813. The summed E-state index contributed by atoms with van der Waals surface area (Å²) in [5, 5.41) is 4.66. The van der Waals surface area contributed by atoms with Gasteiger partial charge in [0.15, 0.2) is 0 Å². The molecule has 0 fully saturated rings. The number of nitrogens with one attached hydrogen (secondary N) is 1. The summed E-state index contributed by atoms with van der Waals surface area (Å²) in [4.78, 5) is 14.0. The minimum absolute atomic E-state index is 0.859. The summed E-state index contributed by atoms with van der Waals surface area (Å²) in [5.74, 6) is 1.89. The first-order chi connectivity index (χ1) is 11.7. The third-order valence-electron chi connectivity index (χ3n) is 4.04. The van der Waals surface area contributed by atoms with E-state index in [-0.39, 0.29) is 0 Å². The van der Waals surface area contributed by atoms with Gasteiger partial charge >= 0.3 is 0 Å². The summed E-state index contributed by atoms with van der Waals surface area (Å²) in [5.41, 5.74) is 1.25. The number of thiophene rings is 1. The number of nitrogens with zero attached hydrogens (tertiary/aromatic N) is 3. The van der Waals surface area contributed by atoms with Crippen molar-refractivity contribution in [2.75, 3.05) is 30.4 Å². The molecule has 4 nitrogen and oxygen atoms in total. The van der Waals surface area contributed by atoms with Gasteiger partial charge in [0.2, 0.25) is 0 Å². The number of aryl methyl sites for hydroxylation is 2. The van der Waals surface area contributed by atoms with Crippen molar-refractivity contribution in [3.63, 3.8) is 0 Å². The van der Waals surface area contributed by atoms with Gasteiger partial charge in [0.05, 0.1) is 5.39 Å². The van der Waals surface area contributed by atoms with Crippen molar-refractivity contribution in [2.24, 2.45) is 0 Å². The summed E-state index contributed by atoms with van der Waals surface area (Å²) in [6, 6.07) is 12.7. The lowest BCUT2D eigenvalue weighted by Crippen LogP contribution is -2.21. The lowest BCUT2D eigenvalue weighted by atomic mass is 10.3. The minimum atomic E-state index is 0.859. The van der Waals surface area contributed by atoms with Crippen LogP contribution in [0.2, 0.25) is 0 Å². The molecule has 24 heavy (non-hydrogen) atoms. The number of para-hydroxylation sites is 1. The van der Waals surface area contributed by atoms with Crippen LogP contribution in [0.15, 0.2) is 36.4 Å². The lowest BCUT2D eigenvalue weighted by Gasteiger charge is -2.19. The van der Waals surface area contributed by atoms with E-state index in [2.05, 4.69) is 71.4 Å². The molecule has 0 saturated carbocycles. The van der Waals surface area contributed by atoms with E-state index in [4.69, 9.17) is 0 Å².